The molecule has 0 atom stereocenters. The molecule has 0 saturated heterocycles. The topological polar surface area (TPSA) is 0 Å². The van der Waals surface area contributed by atoms with E-state index in [-0.39, 0.29) is 0 Å². The Morgan fingerprint density at radius 2 is 0.947 bits per heavy atom. The Morgan fingerprint density at radius 1 is 0.632 bits per heavy atom. The molecule has 0 aliphatic rings. The lowest BCUT2D eigenvalue weighted by molar-refractivity contribution is 0.548. The highest BCUT2D eigenvalue weighted by Crippen LogP contribution is 2.19. The number of thiol groups is 1. The van der Waals surface area contributed by atoms with Crippen molar-refractivity contribution in [2.45, 2.75) is 96.2 Å². The molecule has 0 saturated carbocycles. The molecule has 0 fully saturated rings. The van der Waals surface area contributed by atoms with Crippen molar-refractivity contribution in [2.75, 3.05) is 5.75 Å². The average molecular weight is 323 g/mol. The fraction of sp³-hybridized carbons (Fsp3) is 1.00. The van der Waals surface area contributed by atoms with Gasteiger partial charge in [-0.2, -0.15) is 23.7 Å². The van der Waals surface area contributed by atoms with E-state index < -0.39 is 7.38 Å². The highest BCUT2D eigenvalue weighted by atomic mass is 35.6. The highest BCUT2D eigenvalue weighted by Gasteiger charge is 2.15. The molecule has 0 spiro atoms. The van der Waals surface area contributed by atoms with Crippen LogP contribution in [0.15, 0.2) is 0 Å². The van der Waals surface area contributed by atoms with Crippen LogP contribution >= 0.6 is 23.7 Å². The number of hydrogen-bond donors (Lipinski definition) is 1. The summed E-state index contributed by atoms with van der Waals surface area (Å²) < 4.78 is 0. The summed E-state index contributed by atoms with van der Waals surface area (Å²) in [5, 5.41) is 0. The summed E-state index contributed by atoms with van der Waals surface area (Å²) in [6.07, 6.45) is 16.9. The first-order valence-corrected chi connectivity index (χ1v) is 13.2. The van der Waals surface area contributed by atoms with Crippen molar-refractivity contribution in [3.8, 4) is 0 Å². The van der Waals surface area contributed by atoms with Crippen LogP contribution in [0.4, 0.5) is 0 Å². The Morgan fingerprint density at radius 3 is 1.26 bits per heavy atom. The maximum Gasteiger partial charge on any atom is 0.150 e. The Kier molecular flexibility index (Phi) is 14.4. The average Bonchev–Trinajstić information content (AvgIpc) is 2.34. The van der Waals surface area contributed by atoms with Gasteiger partial charge < -0.3 is 0 Å². The molecule has 0 aliphatic carbocycles. The molecule has 116 valence electrons. The molecule has 0 aromatic heterocycles. The molecule has 0 radical (unpaired) electrons. The first kappa shape index (κ1) is 19.9. The molecular weight excluding hydrogens is 288 g/mol. The fourth-order valence-corrected chi connectivity index (χ4v) is 4.14. The summed E-state index contributed by atoms with van der Waals surface area (Å²) in [6, 6.07) is 1.29. The smallest absolute Gasteiger partial charge is 0.150 e. The van der Waals surface area contributed by atoms with Gasteiger partial charge in [-0.25, -0.2) is 0 Å². The van der Waals surface area contributed by atoms with E-state index in [4.69, 9.17) is 11.1 Å². The van der Waals surface area contributed by atoms with Gasteiger partial charge in [0.05, 0.1) is 0 Å². The standard InChI is InChI=1S/C16H35ClSSi/c1-19(2,17)16-14-12-10-8-6-4-3-5-7-9-11-13-15-18/h18H,3-16H2,1-2H3. The van der Waals surface area contributed by atoms with Crippen LogP contribution in [0, 0.1) is 0 Å². The Balaban J connectivity index is 2.99. The molecule has 3 heteroatoms. The van der Waals surface area contributed by atoms with Gasteiger partial charge in [0.1, 0.15) is 7.38 Å². The van der Waals surface area contributed by atoms with Crippen LogP contribution in [-0.2, 0) is 0 Å². The van der Waals surface area contributed by atoms with Crippen molar-refractivity contribution < 1.29 is 0 Å². The number of unbranched alkanes of at least 4 members (excludes halogenated alkanes) is 11. The van der Waals surface area contributed by atoms with Crippen LogP contribution in [0.2, 0.25) is 19.1 Å². The zero-order valence-corrected chi connectivity index (χ0v) is 15.9. The molecule has 0 unspecified atom stereocenters. The third-order valence-electron chi connectivity index (χ3n) is 3.68. The number of rotatable bonds is 14. The number of halogens is 1. The summed E-state index contributed by atoms with van der Waals surface area (Å²) in [7, 11) is -1.29. The molecule has 0 amide bonds. The van der Waals surface area contributed by atoms with E-state index in [9.17, 15) is 0 Å². The van der Waals surface area contributed by atoms with E-state index in [1.807, 2.05) is 0 Å². The molecule has 0 bridgehead atoms. The molecule has 19 heavy (non-hydrogen) atoms. The van der Waals surface area contributed by atoms with Gasteiger partial charge in [0.2, 0.25) is 0 Å². The molecule has 0 aliphatic heterocycles. The maximum absolute atomic E-state index is 6.31. The second kappa shape index (κ2) is 13.8. The van der Waals surface area contributed by atoms with Crippen molar-refractivity contribution >= 4 is 31.1 Å². The largest absolute Gasteiger partial charge is 0.179 e. The molecule has 0 nitrogen and oxygen atoms in total. The van der Waals surface area contributed by atoms with Crippen LogP contribution in [0.1, 0.15) is 77.0 Å². The van der Waals surface area contributed by atoms with Gasteiger partial charge in [0.25, 0.3) is 0 Å². The van der Waals surface area contributed by atoms with E-state index in [2.05, 4.69) is 25.7 Å². The van der Waals surface area contributed by atoms with E-state index in [0.717, 1.165) is 5.75 Å². The van der Waals surface area contributed by atoms with Crippen LogP contribution in [0.3, 0.4) is 0 Å². The minimum Gasteiger partial charge on any atom is -0.179 e. The summed E-state index contributed by atoms with van der Waals surface area (Å²) in [4.78, 5) is 0. The molecule has 0 rings (SSSR count). The lowest BCUT2D eigenvalue weighted by atomic mass is 10.1. The Hall–Kier alpha value is 0.857. The van der Waals surface area contributed by atoms with E-state index in [0.29, 0.717) is 0 Å². The van der Waals surface area contributed by atoms with Crippen LogP contribution in [-0.4, -0.2) is 13.1 Å². The van der Waals surface area contributed by atoms with E-state index in [1.54, 1.807) is 0 Å². The predicted molar refractivity (Wildman–Crippen MR) is 97.4 cm³/mol. The van der Waals surface area contributed by atoms with Crippen molar-refractivity contribution in [2.24, 2.45) is 0 Å². The van der Waals surface area contributed by atoms with Gasteiger partial charge in [-0.1, -0.05) is 83.7 Å². The maximum atomic E-state index is 6.31. The molecule has 0 N–H and O–H groups in total. The second-order valence-electron chi connectivity index (χ2n) is 6.43. The van der Waals surface area contributed by atoms with Crippen molar-refractivity contribution in [3.05, 3.63) is 0 Å². The van der Waals surface area contributed by atoms with Crippen molar-refractivity contribution in [1.82, 2.24) is 0 Å². The minimum absolute atomic E-state index is 1.06. The molecule has 0 aromatic rings. The predicted octanol–water partition coefficient (Wildman–Crippen LogP) is 7.04. The third kappa shape index (κ3) is 18.9. The summed E-state index contributed by atoms with van der Waals surface area (Å²) in [5.74, 6) is 1.06. The van der Waals surface area contributed by atoms with Crippen molar-refractivity contribution in [3.63, 3.8) is 0 Å². The second-order valence-corrected chi connectivity index (χ2v) is 13.9. The van der Waals surface area contributed by atoms with Gasteiger partial charge in [-0.15, -0.1) is 0 Å². The van der Waals surface area contributed by atoms with Crippen LogP contribution in [0.5, 0.6) is 0 Å². The third-order valence-corrected chi connectivity index (χ3v) is 6.11. The van der Waals surface area contributed by atoms with Gasteiger partial charge in [0, 0.05) is 0 Å². The minimum atomic E-state index is -1.29. The molecule has 0 heterocycles. The molecule has 0 aromatic carbocycles. The van der Waals surface area contributed by atoms with Crippen molar-refractivity contribution in [1.29, 1.82) is 0 Å². The lowest BCUT2D eigenvalue weighted by Gasteiger charge is -2.11. The zero-order chi connectivity index (χ0) is 14.4. The Labute approximate surface area is 133 Å². The van der Waals surface area contributed by atoms with Gasteiger partial charge in [-0.05, 0) is 18.2 Å². The van der Waals surface area contributed by atoms with Gasteiger partial charge >= 0.3 is 0 Å². The zero-order valence-electron chi connectivity index (χ0n) is 13.2. The fourth-order valence-electron chi connectivity index (χ4n) is 2.42. The molecular formula is C16H35ClSSi. The lowest BCUT2D eigenvalue weighted by Crippen LogP contribution is -2.14. The summed E-state index contributed by atoms with van der Waals surface area (Å²) in [6.45, 7) is 4.51. The summed E-state index contributed by atoms with van der Waals surface area (Å²) in [5.41, 5.74) is 0. The SMILES string of the molecule is C[Si](C)(Cl)CCCCCCCCCCCCCCS. The highest BCUT2D eigenvalue weighted by molar-refractivity contribution is 7.80. The summed E-state index contributed by atoms with van der Waals surface area (Å²) >= 11 is 10.5. The number of hydrogen-bond acceptors (Lipinski definition) is 1. The van der Waals surface area contributed by atoms with E-state index >= 15 is 0 Å². The monoisotopic (exact) mass is 322 g/mol. The van der Waals surface area contributed by atoms with Crippen LogP contribution in [0.25, 0.3) is 0 Å². The van der Waals surface area contributed by atoms with E-state index in [1.165, 1.54) is 83.1 Å². The van der Waals surface area contributed by atoms with Gasteiger partial charge in [-0.3, -0.25) is 0 Å². The van der Waals surface area contributed by atoms with Gasteiger partial charge in [0.15, 0.2) is 0 Å². The first-order chi connectivity index (χ1) is 9.06. The quantitative estimate of drug-likeness (QED) is 0.151. The first-order valence-electron chi connectivity index (χ1n) is 8.36. The normalized spacial score (nSPS) is 12.0. The Bertz CT molecular complexity index is 180. The van der Waals surface area contributed by atoms with Crippen LogP contribution < -0.4 is 0 Å².